The molecule has 6 rings (SSSR count). The summed E-state index contributed by atoms with van der Waals surface area (Å²) in [6.45, 7) is 5.92. The molecule has 6 heteroatoms. The highest BCUT2D eigenvalue weighted by Gasteiger charge is 2.27. The van der Waals surface area contributed by atoms with Crippen LogP contribution >= 0.6 is 0 Å². The lowest BCUT2D eigenvalue weighted by Gasteiger charge is -2.28. The second kappa shape index (κ2) is 11.1. The molecule has 0 unspecified atom stereocenters. The zero-order valence-electron chi connectivity index (χ0n) is 23.3. The van der Waals surface area contributed by atoms with Crippen LogP contribution in [0.25, 0.3) is 0 Å². The van der Waals surface area contributed by atoms with E-state index in [4.69, 9.17) is 4.98 Å². The molecule has 6 nitrogen and oxygen atoms in total. The molecule has 2 amide bonds. The van der Waals surface area contributed by atoms with Crippen LogP contribution in [0.3, 0.4) is 0 Å². The molecule has 4 aromatic rings. The van der Waals surface area contributed by atoms with E-state index in [1.807, 2.05) is 48.2 Å². The Bertz CT molecular complexity index is 1550. The summed E-state index contributed by atoms with van der Waals surface area (Å²) in [6.07, 6.45) is 4.54. The summed E-state index contributed by atoms with van der Waals surface area (Å²) in [7, 11) is 0. The molecule has 0 radical (unpaired) electrons. The second-order valence-electron chi connectivity index (χ2n) is 11.1. The number of carbonyl (C=O) groups excluding carboxylic acids is 2. The van der Waals surface area contributed by atoms with Gasteiger partial charge in [-0.3, -0.25) is 9.59 Å². The Morgan fingerprint density at radius 1 is 0.975 bits per heavy atom. The third-order valence-corrected chi connectivity index (χ3v) is 8.51. The number of rotatable bonds is 6. The molecule has 40 heavy (non-hydrogen) atoms. The SMILES string of the molecule is Cc1cc(C(=O)N2CCc3nc(C)n(Cc4ccccc4)c3Cc3ccccc32)ccc1CNC(=O)C1CCC1. The average molecular weight is 533 g/mol. The van der Waals surface area contributed by atoms with Crippen molar-refractivity contribution >= 4 is 17.5 Å². The van der Waals surface area contributed by atoms with Crippen LogP contribution in [0.2, 0.25) is 0 Å². The van der Waals surface area contributed by atoms with Crippen molar-refractivity contribution in [3.05, 3.63) is 118 Å². The van der Waals surface area contributed by atoms with Gasteiger partial charge in [0, 0.05) is 55.3 Å². The maximum atomic E-state index is 13.9. The van der Waals surface area contributed by atoms with Crippen LogP contribution in [-0.4, -0.2) is 27.9 Å². The quantitative estimate of drug-likeness (QED) is 0.343. The first kappa shape index (κ1) is 26.1. The van der Waals surface area contributed by atoms with Gasteiger partial charge in [0.1, 0.15) is 5.82 Å². The number of hydrogen-bond donors (Lipinski definition) is 1. The molecule has 3 aromatic carbocycles. The van der Waals surface area contributed by atoms with Crippen LogP contribution in [0.15, 0.2) is 72.8 Å². The highest BCUT2D eigenvalue weighted by atomic mass is 16.2. The average Bonchev–Trinajstić information content (AvgIpc) is 3.20. The molecule has 0 atom stereocenters. The number of aryl methyl sites for hydroxylation is 2. The number of nitrogens with zero attached hydrogens (tertiary/aromatic N) is 3. The van der Waals surface area contributed by atoms with Crippen LogP contribution in [0, 0.1) is 19.8 Å². The van der Waals surface area contributed by atoms with Gasteiger partial charge in [-0.15, -0.1) is 0 Å². The Balaban J connectivity index is 1.24. The summed E-state index contributed by atoms with van der Waals surface area (Å²) < 4.78 is 2.32. The zero-order chi connectivity index (χ0) is 27.6. The van der Waals surface area contributed by atoms with Gasteiger partial charge in [-0.2, -0.15) is 0 Å². The Labute approximate surface area is 236 Å². The first-order valence-corrected chi connectivity index (χ1v) is 14.3. The normalized spacial score (nSPS) is 14.9. The van der Waals surface area contributed by atoms with Crippen molar-refractivity contribution in [1.29, 1.82) is 0 Å². The van der Waals surface area contributed by atoms with Gasteiger partial charge in [0.05, 0.1) is 5.69 Å². The minimum Gasteiger partial charge on any atom is -0.352 e. The smallest absolute Gasteiger partial charge is 0.258 e. The number of nitrogens with one attached hydrogen (secondary N) is 1. The van der Waals surface area contributed by atoms with Gasteiger partial charge in [-0.1, -0.05) is 61.0 Å². The first-order chi connectivity index (χ1) is 19.5. The van der Waals surface area contributed by atoms with E-state index in [1.54, 1.807) is 0 Å². The monoisotopic (exact) mass is 532 g/mol. The lowest BCUT2D eigenvalue weighted by atomic mass is 9.85. The third kappa shape index (κ3) is 5.18. The first-order valence-electron chi connectivity index (χ1n) is 14.3. The van der Waals surface area contributed by atoms with Gasteiger partial charge in [0.25, 0.3) is 5.91 Å². The number of benzene rings is 3. The largest absolute Gasteiger partial charge is 0.352 e. The minimum absolute atomic E-state index is 0.00973. The van der Waals surface area contributed by atoms with Gasteiger partial charge < -0.3 is 14.8 Å². The fraction of sp³-hybridized carbons (Fsp3) is 0.324. The number of para-hydroxylation sites is 1. The summed E-state index contributed by atoms with van der Waals surface area (Å²) in [5.74, 6) is 1.30. The van der Waals surface area contributed by atoms with E-state index in [0.717, 1.165) is 66.1 Å². The molecule has 204 valence electrons. The number of imidazole rings is 1. The number of fused-ring (bicyclic) bond motifs is 2. The highest BCUT2D eigenvalue weighted by molar-refractivity contribution is 6.06. The third-order valence-electron chi connectivity index (χ3n) is 8.51. The summed E-state index contributed by atoms with van der Waals surface area (Å²) in [6, 6.07) is 24.6. The summed E-state index contributed by atoms with van der Waals surface area (Å²) in [5.41, 5.74) is 8.33. The zero-order valence-corrected chi connectivity index (χ0v) is 23.3. The van der Waals surface area contributed by atoms with Crippen molar-refractivity contribution in [3.63, 3.8) is 0 Å². The van der Waals surface area contributed by atoms with Crippen LogP contribution in [0.1, 0.15) is 69.1 Å². The van der Waals surface area contributed by atoms with Gasteiger partial charge in [-0.05, 0) is 67.1 Å². The van der Waals surface area contributed by atoms with Crippen molar-refractivity contribution in [1.82, 2.24) is 14.9 Å². The fourth-order valence-electron chi connectivity index (χ4n) is 5.88. The van der Waals surface area contributed by atoms with Gasteiger partial charge in [-0.25, -0.2) is 4.98 Å². The number of anilines is 1. The van der Waals surface area contributed by atoms with E-state index in [0.29, 0.717) is 25.1 Å². The molecule has 1 aliphatic carbocycles. The van der Waals surface area contributed by atoms with E-state index in [2.05, 4.69) is 53.2 Å². The number of amides is 2. The molecule has 0 bridgehead atoms. The van der Waals surface area contributed by atoms with E-state index in [9.17, 15) is 9.59 Å². The molecule has 0 saturated heterocycles. The summed E-state index contributed by atoms with van der Waals surface area (Å²) in [5, 5.41) is 3.07. The molecule has 1 saturated carbocycles. The summed E-state index contributed by atoms with van der Waals surface area (Å²) in [4.78, 5) is 33.1. The van der Waals surface area contributed by atoms with Crippen LogP contribution in [0.4, 0.5) is 5.69 Å². The topological polar surface area (TPSA) is 67.2 Å². The molecular weight excluding hydrogens is 496 g/mol. The standard InChI is InChI=1S/C34H36N4O2/c1-23-19-28(15-16-29(23)21-35-33(39)26-12-8-13-26)34(40)37-18-17-30-32(20-27-11-6-7-14-31(27)37)38(24(2)36-30)22-25-9-4-3-5-10-25/h3-7,9-11,14-16,19,26H,8,12-13,17-18,20-22H2,1-2H3,(H,35,39). The maximum Gasteiger partial charge on any atom is 0.258 e. The molecule has 2 aliphatic rings. The van der Waals surface area contributed by atoms with E-state index in [-0.39, 0.29) is 17.7 Å². The predicted octanol–water partition coefficient (Wildman–Crippen LogP) is 5.76. The van der Waals surface area contributed by atoms with Crippen molar-refractivity contribution in [2.24, 2.45) is 5.92 Å². The Kier molecular flexibility index (Phi) is 7.25. The number of hydrogen-bond acceptors (Lipinski definition) is 3. The lowest BCUT2D eigenvalue weighted by molar-refractivity contribution is -0.127. The van der Waals surface area contributed by atoms with Gasteiger partial charge >= 0.3 is 0 Å². The van der Waals surface area contributed by atoms with Gasteiger partial charge in [0.2, 0.25) is 5.91 Å². The molecular formula is C34H36N4O2. The highest BCUT2D eigenvalue weighted by Crippen LogP contribution is 2.31. The van der Waals surface area contributed by atoms with Crippen molar-refractivity contribution < 1.29 is 9.59 Å². The molecule has 0 spiro atoms. The van der Waals surface area contributed by atoms with E-state index < -0.39 is 0 Å². The van der Waals surface area contributed by atoms with E-state index in [1.165, 1.54) is 11.3 Å². The minimum atomic E-state index is -0.00973. The molecule has 1 aliphatic heterocycles. The second-order valence-corrected chi connectivity index (χ2v) is 11.1. The lowest BCUT2D eigenvalue weighted by Crippen LogP contribution is -2.35. The van der Waals surface area contributed by atoms with E-state index >= 15 is 0 Å². The van der Waals surface area contributed by atoms with Crippen LogP contribution in [0.5, 0.6) is 0 Å². The van der Waals surface area contributed by atoms with Gasteiger partial charge in [0.15, 0.2) is 0 Å². The van der Waals surface area contributed by atoms with Crippen LogP contribution in [-0.2, 0) is 30.7 Å². The Morgan fingerprint density at radius 2 is 1.75 bits per heavy atom. The summed E-state index contributed by atoms with van der Waals surface area (Å²) >= 11 is 0. The maximum absolute atomic E-state index is 13.9. The van der Waals surface area contributed by atoms with Crippen molar-refractivity contribution in [3.8, 4) is 0 Å². The molecule has 1 fully saturated rings. The van der Waals surface area contributed by atoms with Crippen molar-refractivity contribution in [2.45, 2.75) is 59.0 Å². The van der Waals surface area contributed by atoms with Crippen LogP contribution < -0.4 is 10.2 Å². The fourth-order valence-corrected chi connectivity index (χ4v) is 5.88. The van der Waals surface area contributed by atoms with Crippen molar-refractivity contribution in [2.75, 3.05) is 11.4 Å². The number of aromatic nitrogens is 2. The Hall–Kier alpha value is -4.19. The molecule has 1 aromatic heterocycles. The molecule has 2 heterocycles. The molecule has 1 N–H and O–H groups in total. The number of carbonyl (C=O) groups is 2. The predicted molar refractivity (Wildman–Crippen MR) is 158 cm³/mol. The Morgan fingerprint density at radius 3 is 2.50 bits per heavy atom.